The van der Waals surface area contributed by atoms with Crippen LogP contribution in [0.25, 0.3) is 0 Å². The van der Waals surface area contributed by atoms with Crippen molar-refractivity contribution in [3.05, 3.63) is 46.7 Å². The highest BCUT2D eigenvalue weighted by molar-refractivity contribution is 7.90. The Morgan fingerprint density at radius 3 is 2.08 bits per heavy atom. The number of likely N-dealkylation sites (N-methyl/N-ethyl adjacent to an activating group) is 1. The molecule has 1 aromatic heterocycles. The molecule has 132 valence electrons. The van der Waals surface area contributed by atoms with Crippen LogP contribution >= 0.6 is 11.3 Å². The minimum atomic E-state index is -3.71. The molecule has 6 nitrogen and oxygen atoms in total. The Balaban J connectivity index is 2.16. The molecule has 0 amide bonds. The summed E-state index contributed by atoms with van der Waals surface area (Å²) >= 11 is 1.56. The van der Waals surface area contributed by atoms with E-state index in [1.165, 1.54) is 24.3 Å². The van der Waals surface area contributed by atoms with Gasteiger partial charge in [-0.15, -0.1) is 0 Å². The number of hydrogen-bond donors (Lipinski definition) is 1. The van der Waals surface area contributed by atoms with Crippen LogP contribution in [-0.4, -0.2) is 48.6 Å². The van der Waals surface area contributed by atoms with Crippen molar-refractivity contribution in [2.75, 3.05) is 26.9 Å². The lowest BCUT2D eigenvalue weighted by atomic mass is 10.1. The van der Waals surface area contributed by atoms with Crippen LogP contribution in [0.5, 0.6) is 0 Å². The molecule has 0 aliphatic heterocycles. The van der Waals surface area contributed by atoms with Crippen molar-refractivity contribution in [3.8, 4) is 0 Å². The van der Waals surface area contributed by atoms with Gasteiger partial charge in [-0.05, 0) is 60.8 Å². The van der Waals surface area contributed by atoms with Crippen LogP contribution in [0.15, 0.2) is 50.9 Å². The van der Waals surface area contributed by atoms with Gasteiger partial charge in [-0.1, -0.05) is 0 Å². The van der Waals surface area contributed by atoms with E-state index in [2.05, 4.69) is 4.72 Å². The van der Waals surface area contributed by atoms with Crippen LogP contribution in [0.2, 0.25) is 0 Å². The fraction of sp³-hybridized carbons (Fsp3) is 0.333. The van der Waals surface area contributed by atoms with Gasteiger partial charge in [0, 0.05) is 18.8 Å². The van der Waals surface area contributed by atoms with Gasteiger partial charge >= 0.3 is 0 Å². The Hall–Kier alpha value is -1.26. The summed E-state index contributed by atoms with van der Waals surface area (Å²) in [7, 11) is -3.29. The number of sulfonamides is 1. The van der Waals surface area contributed by atoms with Crippen molar-refractivity contribution >= 4 is 31.2 Å². The molecular formula is C15H20N2O4S3. The summed E-state index contributed by atoms with van der Waals surface area (Å²) in [5, 5.41) is 3.93. The van der Waals surface area contributed by atoms with Crippen LogP contribution in [0, 0.1) is 0 Å². The molecule has 0 saturated carbocycles. The molecule has 1 atom stereocenters. The summed E-state index contributed by atoms with van der Waals surface area (Å²) in [4.78, 5) is 2.07. The van der Waals surface area contributed by atoms with Crippen LogP contribution in [-0.2, 0) is 19.9 Å². The van der Waals surface area contributed by atoms with Gasteiger partial charge in [-0.25, -0.2) is 21.6 Å². The molecule has 0 fully saturated rings. The maximum Gasteiger partial charge on any atom is 0.240 e. The highest BCUT2D eigenvalue weighted by Gasteiger charge is 2.20. The summed E-state index contributed by atoms with van der Waals surface area (Å²) in [5.41, 5.74) is 1.04. The molecule has 9 heteroatoms. The standard InChI is InChI=1S/C15H20N2O4S3/c1-17(2)15(12-8-9-22-11-12)10-16-24(20,21)14-6-4-13(5-7-14)23(3,18)19/h4-9,11,15-16H,10H2,1-3H3. The molecule has 0 bridgehead atoms. The lowest BCUT2D eigenvalue weighted by Gasteiger charge is -2.24. The van der Waals surface area contributed by atoms with E-state index in [0.717, 1.165) is 11.8 Å². The third kappa shape index (κ3) is 4.64. The molecule has 0 saturated heterocycles. The van der Waals surface area contributed by atoms with Crippen LogP contribution in [0.4, 0.5) is 0 Å². The van der Waals surface area contributed by atoms with E-state index in [-0.39, 0.29) is 22.4 Å². The van der Waals surface area contributed by atoms with E-state index in [1.54, 1.807) is 11.3 Å². The summed E-state index contributed by atoms with van der Waals surface area (Å²) in [6.45, 7) is 0.222. The summed E-state index contributed by atoms with van der Waals surface area (Å²) in [6.07, 6.45) is 1.08. The normalized spacial score (nSPS) is 14.0. The van der Waals surface area contributed by atoms with Crippen LogP contribution in [0.3, 0.4) is 0 Å². The SMILES string of the molecule is CN(C)C(CNS(=O)(=O)c1ccc(S(C)(=O)=O)cc1)c1ccsc1. The Morgan fingerprint density at radius 2 is 1.62 bits per heavy atom. The fourth-order valence-electron chi connectivity index (χ4n) is 2.20. The first kappa shape index (κ1) is 19.1. The molecule has 0 radical (unpaired) electrons. The number of thiophene rings is 1. The molecule has 0 spiro atoms. The average molecular weight is 389 g/mol. The molecule has 24 heavy (non-hydrogen) atoms. The molecular weight excluding hydrogens is 368 g/mol. The Kier molecular flexibility index (Phi) is 5.82. The quantitative estimate of drug-likeness (QED) is 0.781. The molecule has 1 heterocycles. The minimum absolute atomic E-state index is 0.0396. The Morgan fingerprint density at radius 1 is 1.04 bits per heavy atom. The van der Waals surface area contributed by atoms with E-state index in [0.29, 0.717) is 0 Å². The van der Waals surface area contributed by atoms with Crippen molar-refractivity contribution < 1.29 is 16.8 Å². The van der Waals surface area contributed by atoms with Gasteiger partial charge in [-0.2, -0.15) is 11.3 Å². The smallest absolute Gasteiger partial charge is 0.240 e. The predicted octanol–water partition coefficient (Wildman–Crippen LogP) is 1.73. The summed E-state index contributed by atoms with van der Waals surface area (Å²) in [6, 6.07) is 7.08. The Bertz CT molecular complexity index is 871. The highest BCUT2D eigenvalue weighted by Crippen LogP contribution is 2.21. The topological polar surface area (TPSA) is 83.6 Å². The average Bonchev–Trinajstić information content (AvgIpc) is 3.00. The van der Waals surface area contributed by atoms with Gasteiger partial charge in [0.05, 0.1) is 9.79 Å². The zero-order valence-electron chi connectivity index (χ0n) is 13.6. The predicted molar refractivity (Wildman–Crippen MR) is 95.5 cm³/mol. The maximum atomic E-state index is 12.4. The monoisotopic (exact) mass is 388 g/mol. The molecule has 0 aliphatic rings. The first-order chi connectivity index (χ1) is 11.1. The largest absolute Gasteiger partial charge is 0.301 e. The zero-order chi connectivity index (χ0) is 18.0. The lowest BCUT2D eigenvalue weighted by Crippen LogP contribution is -2.34. The van der Waals surface area contributed by atoms with Crippen LogP contribution in [0.1, 0.15) is 11.6 Å². The second-order valence-electron chi connectivity index (χ2n) is 5.63. The van der Waals surface area contributed by atoms with Gasteiger partial charge in [0.25, 0.3) is 0 Å². The number of hydrogen-bond acceptors (Lipinski definition) is 6. The van der Waals surface area contributed by atoms with E-state index in [9.17, 15) is 16.8 Å². The van der Waals surface area contributed by atoms with E-state index < -0.39 is 19.9 Å². The van der Waals surface area contributed by atoms with Gasteiger partial charge in [0.15, 0.2) is 9.84 Å². The van der Waals surface area contributed by atoms with Gasteiger partial charge in [0.2, 0.25) is 10.0 Å². The summed E-state index contributed by atoms with van der Waals surface area (Å²) in [5.74, 6) is 0. The lowest BCUT2D eigenvalue weighted by molar-refractivity contribution is 0.300. The van der Waals surface area contributed by atoms with Gasteiger partial charge in [0.1, 0.15) is 0 Å². The van der Waals surface area contributed by atoms with Crippen LogP contribution < -0.4 is 4.72 Å². The minimum Gasteiger partial charge on any atom is -0.301 e. The van der Waals surface area contributed by atoms with Crippen molar-refractivity contribution in [1.29, 1.82) is 0 Å². The second-order valence-corrected chi connectivity index (χ2v) is 10.2. The third-order valence-electron chi connectivity index (χ3n) is 3.58. The summed E-state index contributed by atoms with van der Waals surface area (Å²) < 4.78 is 50.3. The molecule has 0 aliphatic carbocycles. The number of sulfone groups is 1. The Labute approximate surface area is 147 Å². The number of rotatable bonds is 7. The molecule has 1 N–H and O–H groups in total. The van der Waals surface area contributed by atoms with E-state index in [4.69, 9.17) is 0 Å². The van der Waals surface area contributed by atoms with Crippen molar-refractivity contribution in [2.24, 2.45) is 0 Å². The maximum absolute atomic E-state index is 12.4. The van der Waals surface area contributed by atoms with Gasteiger partial charge < -0.3 is 4.90 Å². The fourth-order valence-corrected chi connectivity index (χ4v) is 4.58. The van der Waals surface area contributed by atoms with Crippen molar-refractivity contribution in [3.63, 3.8) is 0 Å². The van der Waals surface area contributed by atoms with Crippen molar-refractivity contribution in [1.82, 2.24) is 9.62 Å². The van der Waals surface area contributed by atoms with E-state index >= 15 is 0 Å². The molecule has 1 unspecified atom stereocenters. The van der Waals surface area contributed by atoms with E-state index in [1.807, 2.05) is 35.8 Å². The number of nitrogens with one attached hydrogen (secondary N) is 1. The highest BCUT2D eigenvalue weighted by atomic mass is 32.2. The van der Waals surface area contributed by atoms with Gasteiger partial charge in [-0.3, -0.25) is 0 Å². The number of benzene rings is 1. The zero-order valence-corrected chi connectivity index (χ0v) is 16.1. The second kappa shape index (κ2) is 7.32. The first-order valence-corrected chi connectivity index (χ1v) is 11.4. The molecule has 1 aromatic carbocycles. The van der Waals surface area contributed by atoms with Crippen molar-refractivity contribution in [2.45, 2.75) is 15.8 Å². The first-order valence-electron chi connectivity index (χ1n) is 7.09. The molecule has 2 aromatic rings. The number of nitrogens with zero attached hydrogens (tertiary/aromatic N) is 1. The molecule has 2 rings (SSSR count). The third-order valence-corrected chi connectivity index (χ3v) is 6.85.